The first-order valence-electron chi connectivity index (χ1n) is 24.9. The Labute approximate surface area is 484 Å². The van der Waals surface area contributed by atoms with E-state index in [1.807, 2.05) is 153 Å². The first-order chi connectivity index (χ1) is 36.4. The topological polar surface area (TPSA) is 130 Å². The highest BCUT2D eigenvalue weighted by molar-refractivity contribution is 14.1. The number of hydrogen-bond donors (Lipinski definition) is 4. The molecule has 3 amide bonds. The minimum atomic E-state index is -0.165. The number of hydrogen-bond acceptors (Lipinski definition) is 5. The van der Waals surface area contributed by atoms with Crippen LogP contribution in [0.5, 0.6) is 0 Å². The lowest BCUT2D eigenvalue weighted by molar-refractivity contribution is 0.101. The number of para-hydroxylation sites is 4. The van der Waals surface area contributed by atoms with Gasteiger partial charge in [-0.1, -0.05) is 183 Å². The maximum Gasteiger partial charge on any atom is 0.255 e. The van der Waals surface area contributed by atoms with Crippen molar-refractivity contribution in [3.8, 4) is 22.3 Å². The standard InChI is InChI=1S/C21H20N2O.C21H17NO2.C14H12INO.C10H12.4CH4/c1-2-15-6-5-7-18(14-15)16-10-12-17(13-11-16)21(24)23-20-9-4-3-8-19(20)22;1-15-5-2-3-8-20(15)22-21(24)18-11-9-17(10-12-18)19-7-4-6-16(13-19)14-23;1-10-4-2-3-5-13(10)16-14(17)11-6-8-12(15)9-7-11;1-8-6-9-4-2-3-5-10(9)7-8;;;;/h3-14H,2,22H2,1H3,(H,23,24);2-14H,1H3,(H,22,24);2-9H,1H3,(H,16,17);2-5,8H,6-7H2,1H3;4*1H4. The summed E-state index contributed by atoms with van der Waals surface area (Å²) in [5.74, 6) is 0.493. The fourth-order valence-corrected chi connectivity index (χ4v) is 8.75. The molecule has 0 saturated heterocycles. The van der Waals surface area contributed by atoms with Crippen LogP contribution in [0.15, 0.2) is 218 Å². The van der Waals surface area contributed by atoms with Gasteiger partial charge in [0.25, 0.3) is 17.7 Å². The van der Waals surface area contributed by atoms with E-state index in [4.69, 9.17) is 5.73 Å². The molecule has 79 heavy (non-hydrogen) atoms. The fraction of sp³-hybridized carbons (Fsp3) is 0.171. The maximum atomic E-state index is 12.4. The number of carbonyl (C=O) groups is 4. The van der Waals surface area contributed by atoms with Gasteiger partial charge in [-0.05, 0) is 191 Å². The lowest BCUT2D eigenvalue weighted by Crippen LogP contribution is -2.12. The molecule has 0 saturated carbocycles. The average Bonchev–Trinajstić information content (AvgIpc) is 3.84. The van der Waals surface area contributed by atoms with Gasteiger partial charge in [0.1, 0.15) is 6.29 Å². The lowest BCUT2D eigenvalue weighted by Gasteiger charge is -2.09. The summed E-state index contributed by atoms with van der Waals surface area (Å²) in [6.07, 6.45) is 4.41. The Bertz CT molecular complexity index is 3350. The number of rotatable bonds is 10. The first-order valence-corrected chi connectivity index (χ1v) is 26.0. The first kappa shape index (κ1) is 64.9. The average molecular weight is 1170 g/mol. The quantitative estimate of drug-likeness (QED) is 0.0616. The van der Waals surface area contributed by atoms with Gasteiger partial charge >= 0.3 is 0 Å². The Morgan fingerprint density at radius 3 is 1.32 bits per heavy atom. The number of aldehydes is 1. The molecule has 0 radical (unpaired) electrons. The van der Waals surface area contributed by atoms with Gasteiger partial charge < -0.3 is 21.7 Å². The van der Waals surface area contributed by atoms with E-state index in [1.54, 1.807) is 41.5 Å². The summed E-state index contributed by atoms with van der Waals surface area (Å²) in [4.78, 5) is 47.6. The second kappa shape index (κ2) is 32.4. The number of nitrogens with one attached hydrogen (secondary N) is 3. The Balaban J connectivity index is 0.000000283. The molecule has 1 aliphatic carbocycles. The van der Waals surface area contributed by atoms with Crippen molar-refractivity contribution in [3.63, 3.8) is 0 Å². The van der Waals surface area contributed by atoms with Crippen LogP contribution < -0.4 is 21.7 Å². The number of anilines is 4. The zero-order chi connectivity index (χ0) is 53.1. The minimum absolute atomic E-state index is 0. The number of fused-ring (bicyclic) bond motifs is 1. The van der Waals surface area contributed by atoms with Crippen molar-refractivity contribution in [1.29, 1.82) is 0 Å². The van der Waals surface area contributed by atoms with Crippen molar-refractivity contribution < 1.29 is 19.2 Å². The van der Waals surface area contributed by atoms with Crippen molar-refractivity contribution in [2.45, 2.75) is 76.7 Å². The minimum Gasteiger partial charge on any atom is -0.397 e. The van der Waals surface area contributed by atoms with Gasteiger partial charge in [-0.25, -0.2) is 0 Å². The number of carbonyl (C=O) groups excluding carboxylic acids is 4. The summed E-state index contributed by atoms with van der Waals surface area (Å²) in [5.41, 5.74) is 21.9. The summed E-state index contributed by atoms with van der Waals surface area (Å²) in [6, 6.07) is 69.7. The molecule has 9 aromatic rings. The molecule has 0 bridgehead atoms. The number of nitrogens with two attached hydrogens (primary N) is 1. The Morgan fingerprint density at radius 2 is 0.873 bits per heavy atom. The Kier molecular flexibility index (Phi) is 26.6. The van der Waals surface area contributed by atoms with Gasteiger partial charge in [-0.3, -0.25) is 19.2 Å². The molecule has 8 nitrogen and oxygen atoms in total. The van der Waals surface area contributed by atoms with E-state index in [-0.39, 0.29) is 47.4 Å². The summed E-state index contributed by atoms with van der Waals surface area (Å²) in [6.45, 7) is 8.39. The molecule has 0 aromatic heterocycles. The van der Waals surface area contributed by atoms with E-state index >= 15 is 0 Å². The molecular formula is C70H77IN4O4. The Morgan fingerprint density at radius 1 is 0.481 bits per heavy atom. The molecule has 0 heterocycles. The summed E-state index contributed by atoms with van der Waals surface area (Å²) in [5, 5.41) is 8.66. The SMILES string of the molecule is C.C.C.C.CC1Cc2ccccc2C1.CCc1cccc(-c2ccc(C(=O)Nc3ccccc3N)cc2)c1.Cc1ccccc1NC(=O)c1ccc(-c2cccc(C=O)c2)cc1.Cc1ccccc1NC(=O)c1ccc(I)cc1. The predicted molar refractivity (Wildman–Crippen MR) is 345 cm³/mol. The molecule has 1 aliphatic rings. The van der Waals surface area contributed by atoms with Crippen LogP contribution in [-0.2, 0) is 19.3 Å². The molecule has 0 aliphatic heterocycles. The predicted octanol–water partition coefficient (Wildman–Crippen LogP) is 18.3. The van der Waals surface area contributed by atoms with Crippen molar-refractivity contribution in [2.75, 3.05) is 21.7 Å². The molecule has 10 rings (SSSR count). The van der Waals surface area contributed by atoms with Crippen LogP contribution >= 0.6 is 22.6 Å². The third-order valence-corrected chi connectivity index (χ3v) is 13.4. The molecule has 0 fully saturated rings. The van der Waals surface area contributed by atoms with Crippen LogP contribution in [-0.4, -0.2) is 24.0 Å². The maximum absolute atomic E-state index is 12.4. The third kappa shape index (κ3) is 18.9. The van der Waals surface area contributed by atoms with Crippen LogP contribution in [0, 0.1) is 23.3 Å². The second-order valence-electron chi connectivity index (χ2n) is 18.3. The summed E-state index contributed by atoms with van der Waals surface area (Å²) < 4.78 is 1.12. The van der Waals surface area contributed by atoms with Gasteiger partial charge in [0.2, 0.25) is 0 Å². The highest BCUT2D eigenvalue weighted by atomic mass is 127. The van der Waals surface area contributed by atoms with Crippen molar-refractivity contribution in [3.05, 3.63) is 272 Å². The van der Waals surface area contributed by atoms with Crippen LogP contribution in [0.25, 0.3) is 22.3 Å². The van der Waals surface area contributed by atoms with Crippen LogP contribution in [0.4, 0.5) is 22.7 Å². The Hall–Kier alpha value is -8.41. The summed E-state index contributed by atoms with van der Waals surface area (Å²) >= 11 is 2.22. The third-order valence-electron chi connectivity index (χ3n) is 12.7. The number of benzene rings is 9. The molecule has 9 heteroatoms. The fourth-order valence-electron chi connectivity index (χ4n) is 8.39. The normalized spacial score (nSPS) is 10.6. The molecular weight excluding hydrogens is 1090 g/mol. The lowest BCUT2D eigenvalue weighted by atomic mass is 10.0. The largest absolute Gasteiger partial charge is 0.397 e. The van der Waals surface area contributed by atoms with Crippen LogP contribution in [0.1, 0.15) is 113 Å². The van der Waals surface area contributed by atoms with Crippen LogP contribution in [0.3, 0.4) is 0 Å². The van der Waals surface area contributed by atoms with E-state index in [0.29, 0.717) is 33.6 Å². The van der Waals surface area contributed by atoms with Crippen molar-refractivity contribution in [1.82, 2.24) is 0 Å². The smallest absolute Gasteiger partial charge is 0.255 e. The van der Waals surface area contributed by atoms with E-state index < -0.39 is 0 Å². The molecule has 9 aromatic carbocycles. The molecule has 0 spiro atoms. The van der Waals surface area contributed by atoms with Crippen molar-refractivity contribution in [2.24, 2.45) is 5.92 Å². The summed E-state index contributed by atoms with van der Waals surface area (Å²) in [7, 11) is 0. The molecule has 408 valence electrons. The number of aryl methyl sites for hydroxylation is 3. The second-order valence-corrected chi connectivity index (χ2v) is 19.6. The number of halogens is 1. The van der Waals surface area contributed by atoms with Gasteiger partial charge in [-0.15, -0.1) is 0 Å². The van der Waals surface area contributed by atoms with E-state index in [0.717, 1.165) is 67.0 Å². The van der Waals surface area contributed by atoms with Gasteiger partial charge in [0.05, 0.1) is 11.4 Å². The molecule has 0 unspecified atom stereocenters. The molecule has 0 atom stereocenters. The van der Waals surface area contributed by atoms with Crippen molar-refractivity contribution >= 4 is 69.3 Å². The van der Waals surface area contributed by atoms with E-state index in [1.165, 1.54) is 18.4 Å². The highest BCUT2D eigenvalue weighted by Crippen LogP contribution is 2.27. The van der Waals surface area contributed by atoms with Gasteiger partial charge in [-0.2, -0.15) is 0 Å². The monoisotopic (exact) mass is 1160 g/mol. The number of amides is 3. The van der Waals surface area contributed by atoms with Gasteiger partial charge in [0.15, 0.2) is 0 Å². The van der Waals surface area contributed by atoms with Gasteiger partial charge in [0, 0.05) is 37.2 Å². The van der Waals surface area contributed by atoms with Crippen LogP contribution in [0.2, 0.25) is 0 Å². The number of nitrogen functional groups attached to an aromatic ring is 1. The molecule has 5 N–H and O–H groups in total. The highest BCUT2D eigenvalue weighted by Gasteiger charge is 2.16. The van der Waals surface area contributed by atoms with E-state index in [9.17, 15) is 19.2 Å². The zero-order valence-electron chi connectivity index (χ0n) is 42.6. The van der Waals surface area contributed by atoms with E-state index in [2.05, 4.69) is 101 Å². The zero-order valence-corrected chi connectivity index (χ0v) is 44.8.